The number of thioether (sulfide) groups is 1. The first-order chi connectivity index (χ1) is 18.4. The molecule has 2 fully saturated rings. The third-order valence-electron chi connectivity index (χ3n) is 6.46. The van der Waals surface area contributed by atoms with Crippen LogP contribution in [0.15, 0.2) is 58.4 Å². The van der Waals surface area contributed by atoms with Gasteiger partial charge in [0.1, 0.15) is 13.2 Å². The Hall–Kier alpha value is -3.04. The molecule has 2 aromatic rings. The zero-order valence-corrected chi connectivity index (χ0v) is 23.8. The van der Waals surface area contributed by atoms with E-state index in [-0.39, 0.29) is 17.4 Å². The summed E-state index contributed by atoms with van der Waals surface area (Å²) >= 11 is 4.29. The molecule has 2 aromatic carbocycles. The number of likely N-dealkylation sites (tertiary alicyclic amines) is 1. The number of carbonyl (C=O) groups is 3. The molecule has 0 bridgehead atoms. The number of carbonyl (C=O) groups excluding carboxylic acids is 3. The van der Waals surface area contributed by atoms with Crippen LogP contribution in [0.2, 0.25) is 0 Å². The SMILES string of the molecule is C=CCc1cc(C=C2SC(=O)N(CC(=O)N3CCCCCC3)C2=O)cc(OC)c1OCc1ccc(Br)cc1. The number of nitrogens with zero attached hydrogens (tertiary/aromatic N) is 2. The van der Waals surface area contributed by atoms with Gasteiger partial charge in [-0.3, -0.25) is 19.3 Å². The highest BCUT2D eigenvalue weighted by atomic mass is 79.9. The zero-order valence-electron chi connectivity index (χ0n) is 21.4. The number of methoxy groups -OCH3 is 1. The van der Waals surface area contributed by atoms with E-state index in [1.165, 1.54) is 0 Å². The summed E-state index contributed by atoms with van der Waals surface area (Å²) < 4.78 is 12.8. The molecule has 2 aliphatic heterocycles. The molecule has 200 valence electrons. The molecule has 2 aliphatic rings. The molecule has 0 aliphatic carbocycles. The van der Waals surface area contributed by atoms with Crippen molar-refractivity contribution in [2.75, 3.05) is 26.7 Å². The number of amides is 3. The number of rotatable bonds is 9. The second-order valence-corrected chi connectivity index (χ2v) is 11.1. The lowest BCUT2D eigenvalue weighted by Gasteiger charge is -2.22. The van der Waals surface area contributed by atoms with Crippen LogP contribution in [0.5, 0.6) is 11.5 Å². The molecular formula is C29H31BrN2O5S. The van der Waals surface area contributed by atoms with Gasteiger partial charge in [-0.15, -0.1) is 6.58 Å². The van der Waals surface area contributed by atoms with E-state index in [1.54, 1.807) is 30.2 Å². The molecule has 0 N–H and O–H groups in total. The molecule has 0 spiro atoms. The smallest absolute Gasteiger partial charge is 0.294 e. The number of hydrogen-bond donors (Lipinski definition) is 0. The molecule has 0 saturated carbocycles. The topological polar surface area (TPSA) is 76.2 Å². The summed E-state index contributed by atoms with van der Waals surface area (Å²) in [7, 11) is 1.56. The number of halogens is 1. The summed E-state index contributed by atoms with van der Waals surface area (Å²) in [5, 5.41) is -0.433. The van der Waals surface area contributed by atoms with Crippen LogP contribution in [0.4, 0.5) is 4.79 Å². The fourth-order valence-electron chi connectivity index (χ4n) is 4.47. The maximum Gasteiger partial charge on any atom is 0.294 e. The van der Waals surface area contributed by atoms with Crippen molar-refractivity contribution in [3.63, 3.8) is 0 Å². The highest BCUT2D eigenvalue weighted by molar-refractivity contribution is 9.10. The van der Waals surface area contributed by atoms with Crippen molar-refractivity contribution in [3.8, 4) is 11.5 Å². The predicted molar refractivity (Wildman–Crippen MR) is 153 cm³/mol. The first-order valence-corrected chi connectivity index (χ1v) is 14.2. The lowest BCUT2D eigenvalue weighted by Crippen LogP contribution is -2.42. The number of ether oxygens (including phenoxy) is 2. The van der Waals surface area contributed by atoms with E-state index in [2.05, 4.69) is 22.5 Å². The molecule has 0 atom stereocenters. The predicted octanol–water partition coefficient (Wildman–Crippen LogP) is 6.20. The van der Waals surface area contributed by atoms with E-state index in [9.17, 15) is 14.4 Å². The summed E-state index contributed by atoms with van der Waals surface area (Å²) in [5.41, 5.74) is 2.55. The molecule has 0 radical (unpaired) electrons. The highest BCUT2D eigenvalue weighted by Crippen LogP contribution is 2.37. The first kappa shape index (κ1) is 28.0. The van der Waals surface area contributed by atoms with Gasteiger partial charge in [-0.1, -0.05) is 47.0 Å². The van der Waals surface area contributed by atoms with Gasteiger partial charge < -0.3 is 14.4 Å². The van der Waals surface area contributed by atoms with E-state index in [0.29, 0.717) is 43.2 Å². The molecule has 2 saturated heterocycles. The molecule has 0 unspecified atom stereocenters. The lowest BCUT2D eigenvalue weighted by atomic mass is 10.0. The largest absolute Gasteiger partial charge is 0.493 e. The average Bonchev–Trinajstić information content (AvgIpc) is 3.09. The summed E-state index contributed by atoms with van der Waals surface area (Å²) in [6, 6.07) is 11.5. The van der Waals surface area contributed by atoms with Crippen LogP contribution < -0.4 is 9.47 Å². The molecular weight excluding hydrogens is 568 g/mol. The standard InChI is InChI=1S/C29H31BrN2O5S/c1-3-8-22-15-21(16-24(36-2)27(22)37-19-20-9-11-23(30)12-10-20)17-25-28(34)32(29(35)38-25)18-26(33)31-13-6-4-5-7-14-31/h3,9-12,15-17H,1,4-8,13-14,18-19H2,2H3. The van der Waals surface area contributed by atoms with E-state index in [4.69, 9.17) is 9.47 Å². The van der Waals surface area contributed by atoms with Gasteiger partial charge in [-0.25, -0.2) is 0 Å². The summed E-state index contributed by atoms with van der Waals surface area (Å²) in [6.07, 6.45) is 8.05. The quantitative estimate of drug-likeness (QED) is 0.252. The minimum Gasteiger partial charge on any atom is -0.493 e. The van der Waals surface area contributed by atoms with Crippen molar-refractivity contribution < 1.29 is 23.9 Å². The Bertz CT molecular complexity index is 1240. The fourth-order valence-corrected chi connectivity index (χ4v) is 5.57. The van der Waals surface area contributed by atoms with Crippen LogP contribution in [-0.4, -0.2) is 53.6 Å². The Balaban J connectivity index is 1.53. The fraction of sp³-hybridized carbons (Fsp3) is 0.345. The maximum absolute atomic E-state index is 13.1. The van der Waals surface area contributed by atoms with Crippen LogP contribution in [0.25, 0.3) is 6.08 Å². The van der Waals surface area contributed by atoms with Gasteiger partial charge in [0.15, 0.2) is 11.5 Å². The van der Waals surface area contributed by atoms with Gasteiger partial charge in [-0.05, 0) is 72.5 Å². The van der Waals surface area contributed by atoms with Crippen LogP contribution in [0.3, 0.4) is 0 Å². The minimum absolute atomic E-state index is 0.183. The third-order valence-corrected chi connectivity index (χ3v) is 7.89. The van der Waals surface area contributed by atoms with Gasteiger partial charge in [-0.2, -0.15) is 0 Å². The van der Waals surface area contributed by atoms with Crippen molar-refractivity contribution in [3.05, 3.63) is 75.1 Å². The van der Waals surface area contributed by atoms with E-state index < -0.39 is 11.1 Å². The second kappa shape index (κ2) is 13.2. The van der Waals surface area contributed by atoms with Gasteiger partial charge >= 0.3 is 0 Å². The number of imide groups is 1. The molecule has 38 heavy (non-hydrogen) atoms. The monoisotopic (exact) mass is 598 g/mol. The van der Waals surface area contributed by atoms with Crippen molar-refractivity contribution in [1.29, 1.82) is 0 Å². The molecule has 7 nitrogen and oxygen atoms in total. The summed E-state index contributed by atoms with van der Waals surface area (Å²) in [6.45, 7) is 5.33. The molecule has 9 heteroatoms. The van der Waals surface area contributed by atoms with Crippen molar-refractivity contribution >= 4 is 50.8 Å². The van der Waals surface area contributed by atoms with Gasteiger partial charge in [0.25, 0.3) is 11.1 Å². The van der Waals surface area contributed by atoms with Crippen molar-refractivity contribution in [2.45, 2.75) is 38.7 Å². The average molecular weight is 600 g/mol. The first-order valence-electron chi connectivity index (χ1n) is 12.6. The van der Waals surface area contributed by atoms with Crippen LogP contribution in [-0.2, 0) is 22.6 Å². The maximum atomic E-state index is 13.1. The number of hydrogen-bond acceptors (Lipinski definition) is 6. The molecule has 4 rings (SSSR count). The number of benzene rings is 2. The van der Waals surface area contributed by atoms with Crippen molar-refractivity contribution in [1.82, 2.24) is 9.80 Å². The van der Waals surface area contributed by atoms with Crippen LogP contribution in [0, 0.1) is 0 Å². The minimum atomic E-state index is -0.456. The Morgan fingerprint density at radius 2 is 1.82 bits per heavy atom. The third kappa shape index (κ3) is 6.88. The summed E-state index contributed by atoms with van der Waals surface area (Å²) in [4.78, 5) is 41.6. The Labute approximate surface area is 236 Å². The van der Waals surface area contributed by atoms with E-state index in [0.717, 1.165) is 57.9 Å². The van der Waals surface area contributed by atoms with Gasteiger partial charge in [0.2, 0.25) is 5.91 Å². The Morgan fingerprint density at radius 3 is 2.47 bits per heavy atom. The highest BCUT2D eigenvalue weighted by Gasteiger charge is 2.37. The van der Waals surface area contributed by atoms with Crippen LogP contribution >= 0.6 is 27.7 Å². The van der Waals surface area contributed by atoms with E-state index >= 15 is 0 Å². The van der Waals surface area contributed by atoms with Crippen molar-refractivity contribution in [2.24, 2.45) is 0 Å². The molecule has 2 heterocycles. The molecule has 0 aromatic heterocycles. The van der Waals surface area contributed by atoms with Gasteiger partial charge in [0.05, 0.1) is 12.0 Å². The second-order valence-electron chi connectivity index (χ2n) is 9.18. The summed E-state index contributed by atoms with van der Waals surface area (Å²) in [5.74, 6) is 0.479. The van der Waals surface area contributed by atoms with E-state index in [1.807, 2.05) is 30.3 Å². The van der Waals surface area contributed by atoms with Gasteiger partial charge in [0, 0.05) is 23.1 Å². The molecule has 3 amide bonds. The Morgan fingerprint density at radius 1 is 1.11 bits per heavy atom. The Kier molecular flexibility index (Phi) is 9.69. The van der Waals surface area contributed by atoms with Crippen LogP contribution in [0.1, 0.15) is 42.4 Å². The number of allylic oxidation sites excluding steroid dienone is 1. The zero-order chi connectivity index (χ0) is 27.1. The lowest BCUT2D eigenvalue weighted by molar-refractivity contribution is -0.135. The normalized spacial score (nSPS) is 17.1.